The van der Waals surface area contributed by atoms with Crippen LogP contribution in [0.25, 0.3) is 0 Å². The van der Waals surface area contributed by atoms with E-state index in [2.05, 4.69) is 37.3 Å². The highest BCUT2D eigenvalue weighted by molar-refractivity contribution is 9.11. The molecule has 0 radical (unpaired) electrons. The first-order valence-electron chi connectivity index (χ1n) is 5.02. The highest BCUT2D eigenvalue weighted by atomic mass is 79.9. The third-order valence-electron chi connectivity index (χ3n) is 2.57. The number of hydrogen-bond donors (Lipinski definition) is 2. The number of carbonyl (C=O) groups is 1. The van der Waals surface area contributed by atoms with Crippen LogP contribution in [0.2, 0.25) is 0 Å². The van der Waals surface area contributed by atoms with Gasteiger partial charge in [0.1, 0.15) is 6.17 Å². The van der Waals surface area contributed by atoms with E-state index in [4.69, 9.17) is 10.6 Å². The quantitative estimate of drug-likeness (QED) is 0.625. The number of halogens is 2. The second kappa shape index (κ2) is 4.93. The van der Waals surface area contributed by atoms with Crippen molar-refractivity contribution in [1.29, 1.82) is 0 Å². The third kappa shape index (κ3) is 2.20. The Kier molecular flexibility index (Phi) is 3.72. The van der Waals surface area contributed by atoms with Crippen molar-refractivity contribution in [2.75, 3.05) is 6.54 Å². The van der Waals surface area contributed by atoms with Gasteiger partial charge in [-0.2, -0.15) is 0 Å². The molecule has 0 aromatic heterocycles. The summed E-state index contributed by atoms with van der Waals surface area (Å²) in [5, 5.41) is 0. The average Bonchev–Trinajstić information content (AvgIpc) is 2.28. The first-order valence-corrected chi connectivity index (χ1v) is 6.60. The zero-order chi connectivity index (χ0) is 12.6. The molecule has 17 heavy (non-hydrogen) atoms. The zero-order valence-electron chi connectivity index (χ0n) is 9.04. The van der Waals surface area contributed by atoms with Crippen LogP contribution in [0, 0.1) is 0 Å². The van der Waals surface area contributed by atoms with Gasteiger partial charge in [0.2, 0.25) is 0 Å². The molecular formula is C10H11Br2N3O2. The van der Waals surface area contributed by atoms with Crippen molar-refractivity contribution in [2.24, 2.45) is 5.84 Å². The van der Waals surface area contributed by atoms with E-state index >= 15 is 0 Å². The maximum absolute atomic E-state index is 11.8. The van der Waals surface area contributed by atoms with E-state index in [0.29, 0.717) is 16.8 Å². The van der Waals surface area contributed by atoms with Crippen molar-refractivity contribution in [1.82, 2.24) is 10.3 Å². The summed E-state index contributed by atoms with van der Waals surface area (Å²) in [6.07, 6.45) is -0.795. The molecule has 1 aliphatic rings. The van der Waals surface area contributed by atoms with Crippen LogP contribution in [0.3, 0.4) is 0 Å². The summed E-state index contributed by atoms with van der Waals surface area (Å²) in [4.78, 5) is 13.3. The van der Waals surface area contributed by atoms with Gasteiger partial charge in [-0.1, -0.05) is 15.9 Å². The van der Waals surface area contributed by atoms with Crippen molar-refractivity contribution in [3.63, 3.8) is 0 Å². The maximum atomic E-state index is 11.8. The van der Waals surface area contributed by atoms with Gasteiger partial charge in [-0.05, 0) is 35.0 Å². The van der Waals surface area contributed by atoms with Crippen LogP contribution in [-0.4, -0.2) is 17.5 Å². The van der Waals surface area contributed by atoms with Crippen LogP contribution in [0.4, 0.5) is 4.79 Å². The Bertz CT molecular complexity index is 467. The lowest BCUT2D eigenvalue weighted by Gasteiger charge is -2.35. The fourth-order valence-corrected chi connectivity index (χ4v) is 3.14. The van der Waals surface area contributed by atoms with Crippen LogP contribution in [0.5, 0.6) is 5.75 Å². The Balaban J connectivity index is 2.56. The number of amides is 1. The average molecular weight is 365 g/mol. The Morgan fingerprint density at radius 1 is 1.53 bits per heavy atom. The van der Waals surface area contributed by atoms with Gasteiger partial charge in [0.05, 0.1) is 4.47 Å². The molecule has 1 unspecified atom stereocenters. The topological polar surface area (TPSA) is 67.6 Å². The van der Waals surface area contributed by atoms with Gasteiger partial charge in [-0.15, -0.1) is 0 Å². The number of nitrogens with zero attached hydrogens (tertiary/aromatic N) is 1. The number of hydrogen-bond acceptors (Lipinski definition) is 4. The Labute approximate surface area is 116 Å². The standard InChI is InChI=1S/C10H11Br2N3O2/c1-2-15-9(14-13)6-3-5(11)4-7(12)8(6)17-10(15)16/h3-4,9,14H,2,13H2,1H3. The van der Waals surface area contributed by atoms with Crippen molar-refractivity contribution in [2.45, 2.75) is 13.1 Å². The fraction of sp³-hybridized carbons (Fsp3) is 0.300. The molecule has 1 heterocycles. The largest absolute Gasteiger partial charge is 0.416 e. The van der Waals surface area contributed by atoms with Crippen LogP contribution in [0.15, 0.2) is 21.1 Å². The normalized spacial score (nSPS) is 18.9. The molecule has 0 fully saturated rings. The number of nitrogens with two attached hydrogens (primary N) is 1. The van der Waals surface area contributed by atoms with Crippen LogP contribution in [0.1, 0.15) is 18.7 Å². The van der Waals surface area contributed by atoms with Gasteiger partial charge in [-0.3, -0.25) is 10.7 Å². The SMILES string of the molecule is CCN1C(=O)Oc2c(Br)cc(Br)cc2C1NN. The Hall–Kier alpha value is -0.630. The molecule has 1 atom stereocenters. The fourth-order valence-electron chi connectivity index (χ4n) is 1.80. The van der Waals surface area contributed by atoms with Crippen molar-refractivity contribution in [3.8, 4) is 5.75 Å². The number of benzene rings is 1. The predicted molar refractivity (Wildman–Crippen MR) is 70.3 cm³/mol. The molecule has 5 nitrogen and oxygen atoms in total. The lowest BCUT2D eigenvalue weighted by molar-refractivity contribution is 0.107. The highest BCUT2D eigenvalue weighted by Gasteiger charge is 2.34. The molecule has 2 rings (SSSR count). The molecule has 0 saturated heterocycles. The molecule has 0 saturated carbocycles. The smallest absolute Gasteiger partial charge is 0.409 e. The van der Waals surface area contributed by atoms with E-state index < -0.39 is 6.09 Å². The molecule has 0 aliphatic carbocycles. The van der Waals surface area contributed by atoms with E-state index in [1.54, 1.807) is 0 Å². The van der Waals surface area contributed by atoms with E-state index in [-0.39, 0.29) is 6.17 Å². The van der Waals surface area contributed by atoms with Gasteiger partial charge in [0.25, 0.3) is 0 Å². The Morgan fingerprint density at radius 3 is 2.82 bits per heavy atom. The zero-order valence-corrected chi connectivity index (χ0v) is 12.2. The number of ether oxygens (including phenoxy) is 1. The first kappa shape index (κ1) is 12.8. The second-order valence-corrected chi connectivity index (χ2v) is 5.30. The van der Waals surface area contributed by atoms with Gasteiger partial charge in [-0.25, -0.2) is 10.2 Å². The van der Waals surface area contributed by atoms with E-state index in [1.165, 1.54) is 4.90 Å². The van der Waals surface area contributed by atoms with Crippen molar-refractivity contribution >= 4 is 38.0 Å². The second-order valence-electron chi connectivity index (χ2n) is 3.53. The number of carbonyl (C=O) groups excluding carboxylic acids is 1. The summed E-state index contributed by atoms with van der Waals surface area (Å²) < 4.78 is 6.88. The molecule has 0 bridgehead atoms. The number of rotatable bonds is 2. The van der Waals surface area contributed by atoms with E-state index in [1.807, 2.05) is 19.1 Å². The van der Waals surface area contributed by atoms with E-state index in [9.17, 15) is 4.79 Å². The molecular weight excluding hydrogens is 354 g/mol. The molecule has 1 amide bonds. The molecule has 1 aliphatic heterocycles. The lowest BCUT2D eigenvalue weighted by Crippen LogP contribution is -2.48. The lowest BCUT2D eigenvalue weighted by atomic mass is 10.1. The molecule has 7 heteroatoms. The summed E-state index contributed by atoms with van der Waals surface area (Å²) in [5.41, 5.74) is 3.44. The van der Waals surface area contributed by atoms with E-state index in [0.717, 1.165) is 10.0 Å². The van der Waals surface area contributed by atoms with Gasteiger partial charge in [0.15, 0.2) is 5.75 Å². The summed E-state index contributed by atoms with van der Waals surface area (Å²) in [6, 6.07) is 3.70. The number of nitrogens with one attached hydrogen (secondary N) is 1. The van der Waals surface area contributed by atoms with Crippen LogP contribution >= 0.6 is 31.9 Å². The van der Waals surface area contributed by atoms with Crippen molar-refractivity contribution < 1.29 is 9.53 Å². The highest BCUT2D eigenvalue weighted by Crippen LogP contribution is 2.40. The van der Waals surface area contributed by atoms with Gasteiger partial charge < -0.3 is 4.74 Å². The predicted octanol–water partition coefficient (Wildman–Crippen LogP) is 2.51. The van der Waals surface area contributed by atoms with Gasteiger partial charge >= 0.3 is 6.09 Å². The van der Waals surface area contributed by atoms with Crippen LogP contribution in [-0.2, 0) is 0 Å². The summed E-state index contributed by atoms with van der Waals surface area (Å²) in [6.45, 7) is 2.38. The van der Waals surface area contributed by atoms with Gasteiger partial charge in [0, 0.05) is 16.6 Å². The molecule has 3 N–H and O–H groups in total. The first-order chi connectivity index (χ1) is 8.08. The minimum atomic E-state index is -0.411. The third-order valence-corrected chi connectivity index (χ3v) is 3.61. The number of hydrazine groups is 1. The molecule has 1 aromatic carbocycles. The molecule has 1 aromatic rings. The minimum absolute atomic E-state index is 0.384. The van der Waals surface area contributed by atoms with Crippen molar-refractivity contribution in [3.05, 3.63) is 26.6 Å². The maximum Gasteiger partial charge on any atom is 0.416 e. The minimum Gasteiger partial charge on any atom is -0.409 e. The summed E-state index contributed by atoms with van der Waals surface area (Å²) in [7, 11) is 0. The monoisotopic (exact) mass is 363 g/mol. The summed E-state index contributed by atoms with van der Waals surface area (Å²) in [5.74, 6) is 6.02. The number of fused-ring (bicyclic) bond motifs is 1. The summed E-state index contributed by atoms with van der Waals surface area (Å²) >= 11 is 6.76. The van der Waals surface area contributed by atoms with Crippen LogP contribution < -0.4 is 16.0 Å². The molecule has 0 spiro atoms. The molecule has 92 valence electrons. The Morgan fingerprint density at radius 2 is 2.24 bits per heavy atom.